The van der Waals surface area contributed by atoms with Gasteiger partial charge in [0.2, 0.25) is 5.91 Å². The Hall–Kier alpha value is -3.17. The molecule has 3 heterocycles. The SMILES string of the molecule is COCc1c(C(=O)N2CCN(CC(=O)Nc3cc(C)on3)CC2)oc2ccccc12. The van der Waals surface area contributed by atoms with E-state index in [0.29, 0.717) is 55.7 Å². The van der Waals surface area contributed by atoms with E-state index in [1.807, 2.05) is 29.2 Å². The van der Waals surface area contributed by atoms with Crippen molar-refractivity contribution in [3.8, 4) is 0 Å². The zero-order valence-corrected chi connectivity index (χ0v) is 17.0. The summed E-state index contributed by atoms with van der Waals surface area (Å²) in [5.74, 6) is 1.05. The van der Waals surface area contributed by atoms with E-state index in [9.17, 15) is 9.59 Å². The van der Waals surface area contributed by atoms with E-state index in [1.54, 1.807) is 25.0 Å². The first kappa shape index (κ1) is 20.1. The van der Waals surface area contributed by atoms with Crippen LogP contribution in [0.25, 0.3) is 11.0 Å². The first-order valence-corrected chi connectivity index (χ1v) is 9.79. The van der Waals surface area contributed by atoms with Crippen molar-refractivity contribution in [2.24, 2.45) is 0 Å². The molecule has 2 amide bonds. The Morgan fingerprint density at radius 2 is 1.97 bits per heavy atom. The number of nitrogens with zero attached hydrogens (tertiary/aromatic N) is 3. The molecule has 1 aliphatic rings. The highest BCUT2D eigenvalue weighted by Gasteiger charge is 2.28. The fourth-order valence-corrected chi connectivity index (χ4v) is 3.62. The van der Waals surface area contributed by atoms with Crippen LogP contribution in [0.2, 0.25) is 0 Å². The fourth-order valence-electron chi connectivity index (χ4n) is 3.62. The maximum absolute atomic E-state index is 13.1. The standard InChI is InChI=1S/C21H24N4O5/c1-14-11-18(23-30-14)22-19(26)12-24-7-9-25(10-8-24)21(27)20-16(13-28-2)15-5-3-4-6-17(15)29-20/h3-6,11H,7-10,12-13H2,1-2H3,(H,22,23,26). The summed E-state index contributed by atoms with van der Waals surface area (Å²) in [5.41, 5.74) is 1.44. The van der Waals surface area contributed by atoms with Crippen LogP contribution in [0.3, 0.4) is 0 Å². The van der Waals surface area contributed by atoms with Crippen molar-refractivity contribution < 1.29 is 23.3 Å². The predicted molar refractivity (Wildman–Crippen MR) is 109 cm³/mol. The zero-order chi connectivity index (χ0) is 21.1. The third-order valence-corrected chi connectivity index (χ3v) is 5.10. The van der Waals surface area contributed by atoms with Gasteiger partial charge in [0.25, 0.3) is 5.91 Å². The van der Waals surface area contributed by atoms with Crippen molar-refractivity contribution in [1.82, 2.24) is 15.0 Å². The molecule has 1 fully saturated rings. The summed E-state index contributed by atoms with van der Waals surface area (Å²) in [6, 6.07) is 9.23. The second-order valence-electron chi connectivity index (χ2n) is 7.28. The number of rotatable bonds is 6. The summed E-state index contributed by atoms with van der Waals surface area (Å²) in [5, 5.41) is 7.36. The van der Waals surface area contributed by atoms with Crippen LogP contribution >= 0.6 is 0 Å². The molecular formula is C21H24N4O5. The summed E-state index contributed by atoms with van der Waals surface area (Å²) < 4.78 is 16.1. The Bertz CT molecular complexity index is 1050. The van der Waals surface area contributed by atoms with Gasteiger partial charge in [-0.1, -0.05) is 23.4 Å². The maximum Gasteiger partial charge on any atom is 0.290 e. The minimum Gasteiger partial charge on any atom is -0.451 e. The molecule has 1 saturated heterocycles. The third-order valence-electron chi connectivity index (χ3n) is 5.10. The number of benzene rings is 1. The molecule has 158 valence electrons. The number of aryl methyl sites for hydroxylation is 1. The van der Waals surface area contributed by atoms with Crippen molar-refractivity contribution in [3.05, 3.63) is 47.4 Å². The van der Waals surface area contributed by atoms with Gasteiger partial charge in [-0.3, -0.25) is 14.5 Å². The number of methoxy groups -OCH3 is 1. The molecule has 4 rings (SSSR count). The van der Waals surface area contributed by atoms with Crippen LogP contribution in [0.4, 0.5) is 5.82 Å². The lowest BCUT2D eigenvalue weighted by Gasteiger charge is -2.33. The number of hydrogen-bond donors (Lipinski definition) is 1. The minimum atomic E-state index is -0.164. The molecule has 2 aromatic heterocycles. The molecule has 0 unspecified atom stereocenters. The van der Waals surface area contributed by atoms with Crippen molar-refractivity contribution >= 4 is 28.6 Å². The number of para-hydroxylation sites is 1. The molecule has 0 aliphatic carbocycles. The molecular weight excluding hydrogens is 388 g/mol. The zero-order valence-electron chi connectivity index (χ0n) is 17.0. The number of ether oxygens (including phenoxy) is 1. The highest BCUT2D eigenvalue weighted by molar-refractivity contribution is 5.99. The lowest BCUT2D eigenvalue weighted by atomic mass is 10.1. The summed E-state index contributed by atoms with van der Waals surface area (Å²) in [4.78, 5) is 29.1. The molecule has 3 aromatic rings. The molecule has 0 saturated carbocycles. The molecule has 1 aliphatic heterocycles. The van der Waals surface area contributed by atoms with Gasteiger partial charge >= 0.3 is 0 Å². The lowest BCUT2D eigenvalue weighted by Crippen LogP contribution is -2.50. The summed E-state index contributed by atoms with van der Waals surface area (Å²) >= 11 is 0. The Balaban J connectivity index is 1.37. The number of fused-ring (bicyclic) bond motifs is 1. The number of carbonyl (C=O) groups is 2. The maximum atomic E-state index is 13.1. The number of nitrogens with one attached hydrogen (secondary N) is 1. The predicted octanol–water partition coefficient (Wildman–Crippen LogP) is 2.27. The van der Waals surface area contributed by atoms with Gasteiger partial charge in [0.15, 0.2) is 11.6 Å². The number of amides is 2. The summed E-state index contributed by atoms with van der Waals surface area (Å²) in [7, 11) is 1.60. The van der Waals surface area contributed by atoms with E-state index in [1.165, 1.54) is 0 Å². The Morgan fingerprint density at radius 3 is 2.67 bits per heavy atom. The highest BCUT2D eigenvalue weighted by Crippen LogP contribution is 2.28. The average molecular weight is 412 g/mol. The number of carbonyl (C=O) groups excluding carboxylic acids is 2. The van der Waals surface area contributed by atoms with E-state index < -0.39 is 0 Å². The monoisotopic (exact) mass is 412 g/mol. The third kappa shape index (κ3) is 4.22. The van der Waals surface area contributed by atoms with Gasteiger partial charge in [0.1, 0.15) is 11.3 Å². The topological polar surface area (TPSA) is 101 Å². The first-order valence-electron chi connectivity index (χ1n) is 9.79. The van der Waals surface area contributed by atoms with E-state index in [2.05, 4.69) is 10.5 Å². The van der Waals surface area contributed by atoms with E-state index in [-0.39, 0.29) is 18.4 Å². The van der Waals surface area contributed by atoms with Crippen LogP contribution in [0.5, 0.6) is 0 Å². The van der Waals surface area contributed by atoms with E-state index in [4.69, 9.17) is 13.7 Å². The minimum absolute atomic E-state index is 0.152. The van der Waals surface area contributed by atoms with E-state index in [0.717, 1.165) is 10.9 Å². The van der Waals surface area contributed by atoms with Gasteiger partial charge in [-0.05, 0) is 13.0 Å². The molecule has 1 aromatic carbocycles. The lowest BCUT2D eigenvalue weighted by molar-refractivity contribution is -0.117. The van der Waals surface area contributed by atoms with Gasteiger partial charge in [-0.25, -0.2) is 0 Å². The average Bonchev–Trinajstić information content (AvgIpc) is 3.32. The Labute approximate surface area is 173 Å². The van der Waals surface area contributed by atoms with Crippen LogP contribution < -0.4 is 5.32 Å². The summed E-state index contributed by atoms with van der Waals surface area (Å²) in [6.07, 6.45) is 0. The number of anilines is 1. The second-order valence-corrected chi connectivity index (χ2v) is 7.28. The molecule has 9 heteroatoms. The van der Waals surface area contributed by atoms with E-state index >= 15 is 0 Å². The largest absolute Gasteiger partial charge is 0.451 e. The van der Waals surface area contributed by atoms with Gasteiger partial charge in [-0.2, -0.15) is 0 Å². The smallest absolute Gasteiger partial charge is 0.290 e. The van der Waals surface area contributed by atoms with Crippen molar-refractivity contribution in [1.29, 1.82) is 0 Å². The normalized spacial score (nSPS) is 14.9. The number of furan rings is 1. The Kier molecular flexibility index (Phi) is 5.82. The van der Waals surface area contributed by atoms with Crippen LogP contribution in [-0.4, -0.2) is 66.6 Å². The van der Waals surface area contributed by atoms with Gasteiger partial charge in [0, 0.05) is 50.3 Å². The van der Waals surface area contributed by atoms with Crippen molar-refractivity contribution in [2.75, 3.05) is 45.2 Å². The van der Waals surface area contributed by atoms with Crippen molar-refractivity contribution in [2.45, 2.75) is 13.5 Å². The quantitative estimate of drug-likeness (QED) is 0.663. The van der Waals surface area contributed by atoms with Crippen LogP contribution in [0.1, 0.15) is 21.9 Å². The Morgan fingerprint density at radius 1 is 1.20 bits per heavy atom. The summed E-state index contributed by atoms with van der Waals surface area (Å²) in [6.45, 7) is 4.51. The molecule has 1 N–H and O–H groups in total. The van der Waals surface area contributed by atoms with Gasteiger partial charge < -0.3 is 23.9 Å². The number of aromatic nitrogens is 1. The highest BCUT2D eigenvalue weighted by atomic mass is 16.5. The van der Waals surface area contributed by atoms with Crippen LogP contribution in [-0.2, 0) is 16.1 Å². The van der Waals surface area contributed by atoms with Gasteiger partial charge in [-0.15, -0.1) is 0 Å². The van der Waals surface area contributed by atoms with Crippen LogP contribution in [0, 0.1) is 6.92 Å². The molecule has 9 nitrogen and oxygen atoms in total. The van der Waals surface area contributed by atoms with Gasteiger partial charge in [0.05, 0.1) is 13.2 Å². The molecule has 0 atom stereocenters. The molecule has 0 bridgehead atoms. The van der Waals surface area contributed by atoms with Crippen molar-refractivity contribution in [3.63, 3.8) is 0 Å². The second kappa shape index (κ2) is 8.68. The fraction of sp³-hybridized carbons (Fsp3) is 0.381. The molecule has 0 spiro atoms. The number of piperazine rings is 1. The molecule has 30 heavy (non-hydrogen) atoms. The number of hydrogen-bond acceptors (Lipinski definition) is 7. The molecule has 0 radical (unpaired) electrons. The first-order chi connectivity index (χ1) is 14.5. The van der Waals surface area contributed by atoms with Crippen LogP contribution in [0.15, 0.2) is 39.3 Å².